The number of ether oxygens (including phenoxy) is 1. The van der Waals surface area contributed by atoms with Gasteiger partial charge in [-0.15, -0.1) is 0 Å². The van der Waals surface area contributed by atoms with Crippen LogP contribution >= 0.6 is 0 Å². The van der Waals surface area contributed by atoms with Crippen LogP contribution < -0.4 is 30.1 Å². The Labute approximate surface area is 575 Å². The zero-order valence-electron chi connectivity index (χ0n) is 90.7. The third-order valence-electron chi connectivity index (χ3n) is 14.8. The predicted octanol–water partition coefficient (Wildman–Crippen LogP) is 17.0. The first-order valence-electron chi connectivity index (χ1n) is 49.5. The minimum atomic E-state index is -6.76. The number of imidazole rings is 1. The second kappa shape index (κ2) is 21.4. The first kappa shape index (κ1) is 23.6. The monoisotopic (exact) mass is 1180 g/mol. The average molecular weight is 1190 g/mol. The lowest BCUT2D eigenvalue weighted by Crippen LogP contribution is -2.74. The molecule has 0 N–H and O–H groups in total. The number of rotatable bonds is 12. The van der Waals surface area contributed by atoms with Crippen molar-refractivity contribution >= 4 is 61.7 Å². The van der Waals surface area contributed by atoms with Crippen molar-refractivity contribution in [2.24, 2.45) is 0 Å². The van der Waals surface area contributed by atoms with Crippen LogP contribution in [0.1, 0.15) is 120 Å². The van der Waals surface area contributed by atoms with Gasteiger partial charge in [0.2, 0.25) is 0 Å². The fraction of sp³-hybridized carbons (Fsp3) is 0.111. The van der Waals surface area contributed by atoms with Gasteiger partial charge in [0.1, 0.15) is 17.3 Å². The van der Waals surface area contributed by atoms with E-state index in [9.17, 15) is 39.8 Å². The molecule has 6 heteroatoms. The van der Waals surface area contributed by atoms with Gasteiger partial charge in [-0.25, -0.2) is 4.98 Å². The lowest BCUT2D eigenvalue weighted by atomic mass is 9.63. The number of aromatic nitrogens is 4. The second-order valence-corrected chi connectivity index (χ2v) is 23.4. The largest absolute Gasteiger partial charge is 0.458 e. The molecule has 3 aromatic heterocycles. The maximum absolute atomic E-state index is 11.0. The summed E-state index contributed by atoms with van der Waals surface area (Å²) in [5, 5.41) is -4.01. The Hall–Kier alpha value is -10.1. The molecule has 5 nitrogen and oxygen atoms in total. The van der Waals surface area contributed by atoms with Crippen molar-refractivity contribution in [3.05, 3.63) is 308 Å². The highest BCUT2D eigenvalue weighted by atomic mass is 28.3. The van der Waals surface area contributed by atoms with E-state index in [1.165, 1.54) is 59.2 Å². The molecule has 0 saturated carbocycles. The zero-order chi connectivity index (χ0) is 98.4. The van der Waals surface area contributed by atoms with Crippen molar-refractivity contribution in [3.63, 3.8) is 0 Å². The highest BCUT2D eigenvalue weighted by Gasteiger charge is 2.42. The number of nitrogens with zero attached hydrogens (tertiary/aromatic N) is 4. The van der Waals surface area contributed by atoms with E-state index in [2.05, 4.69) is 11.3 Å². The van der Waals surface area contributed by atoms with Crippen LogP contribution in [0, 0.1) is 13.2 Å². The number of pyridine rings is 1. The van der Waals surface area contributed by atoms with Crippen molar-refractivity contribution < 1.29 is 72.4 Å². The van der Waals surface area contributed by atoms with Crippen molar-refractivity contribution in [2.45, 2.75) is 57.8 Å². The Morgan fingerprint density at radius 3 is 1.82 bits per heavy atom. The van der Waals surface area contributed by atoms with Crippen LogP contribution in [0.4, 0.5) is 0 Å². The summed E-state index contributed by atoms with van der Waals surface area (Å²) in [4.78, 5) is 4.65. The third kappa shape index (κ3) is 9.22. The Bertz CT molecular complexity index is 7090. The number of hydrogen-bond acceptors (Lipinski definition) is 2. The molecule has 0 aliphatic heterocycles. The third-order valence-corrected chi connectivity index (χ3v) is 18.8. The van der Waals surface area contributed by atoms with Gasteiger partial charge in [-0.05, 0) is 138 Å². The van der Waals surface area contributed by atoms with E-state index >= 15 is 0 Å². The number of fused-ring (bicyclic) bond motifs is 5. The van der Waals surface area contributed by atoms with Crippen molar-refractivity contribution in [2.75, 3.05) is 0 Å². The maximum Gasteiger partial charge on any atom is 0.269 e. The topological polar surface area (TPSA) is 35.9 Å². The second-order valence-electron chi connectivity index (χ2n) is 19.9. The normalized spacial score (nSPS) is 23.1. The number of aryl methyl sites for hydroxylation is 1. The van der Waals surface area contributed by atoms with Crippen LogP contribution in [0.25, 0.3) is 83.4 Å². The van der Waals surface area contributed by atoms with Crippen LogP contribution in [0.2, 0.25) is 0 Å². The summed E-state index contributed by atoms with van der Waals surface area (Å²) in [7, 11) is -6.76. The molecule has 0 atom stereocenters. The first-order valence-corrected chi connectivity index (χ1v) is 28.5. The molecule has 1 aliphatic carbocycles. The Balaban J connectivity index is 1.07. The molecule has 15 rings (SSSR count). The van der Waals surface area contributed by atoms with Gasteiger partial charge < -0.3 is 4.74 Å². The van der Waals surface area contributed by atoms with E-state index in [1.807, 2.05) is 0 Å². The molecule has 0 spiro atoms. The first-order chi connectivity index (χ1) is 61.5. The molecule has 11 aromatic carbocycles. The van der Waals surface area contributed by atoms with Crippen LogP contribution in [0.5, 0.6) is 11.5 Å². The molecule has 3 heterocycles. The quantitative estimate of drug-likeness (QED) is 0.0529. The smallest absolute Gasteiger partial charge is 0.269 e. The van der Waals surface area contributed by atoms with E-state index < -0.39 is 300 Å². The molecule has 0 bridgehead atoms. The van der Waals surface area contributed by atoms with Crippen LogP contribution in [0.3, 0.4) is 0 Å². The standard InChI is InChI=1S/C81H66N4OSi/c1-56-49-78(82-54-71(56)57-25-10-6-11-26-57)85-74-40-19-18-37-69(74)70-45-44-62(53-77(70)85)86-61-29-23-28-60(52-61)83-55-84(76-42-21-20-41-75(76)83)79-67(38-24-39-68(79)59-43-46-72-73(51-59)81(4,5)48-47-80(72,2)3)58-27-22-36-66(50-58)87(63-30-12-7-13-31-63,64-32-14-8-15-33-64)65-34-16-9-17-35-65/h6-46,49-54H,47-48H2,1-5H3/i1D3,2D3,3D3,4D3,5D3,6D,7D,8D,9D,10D,11D,12D,13D,14D,15D,16D,17D,22D,25D,26D,27D,30D,31D,32D,33D,34D,35D,36D,43D,46D,47D2,48D2,50D,51D. The average Bonchev–Trinajstić information content (AvgIpc) is 0.855. The summed E-state index contributed by atoms with van der Waals surface area (Å²) < 4.78 is 441. The summed E-state index contributed by atoms with van der Waals surface area (Å²) >= 11 is 0. The number of hydrogen-bond donors (Lipinski definition) is 0. The van der Waals surface area contributed by atoms with E-state index in [0.29, 0.717) is 21.8 Å². The molecule has 0 unspecified atom stereocenters. The molecule has 87 heavy (non-hydrogen) atoms. The van der Waals surface area contributed by atoms with Crippen LogP contribution in [-0.2, 0) is 10.8 Å². The Morgan fingerprint density at radius 1 is 0.517 bits per heavy atom. The summed E-state index contributed by atoms with van der Waals surface area (Å²) in [6, 6.07) is -7.01. The molecule has 420 valence electrons. The minimum Gasteiger partial charge on any atom is -0.458 e. The van der Waals surface area contributed by atoms with Gasteiger partial charge in [0.25, 0.3) is 6.33 Å². The molecule has 14 aromatic rings. The van der Waals surface area contributed by atoms with Crippen molar-refractivity contribution in [1.29, 1.82) is 0 Å². The maximum atomic E-state index is 11.0. The summed E-state index contributed by atoms with van der Waals surface area (Å²) in [6.45, 7) is -21.3. The van der Waals surface area contributed by atoms with E-state index in [-0.39, 0.29) is 39.6 Å². The fourth-order valence-electron chi connectivity index (χ4n) is 11.0. The Kier molecular flexibility index (Phi) is 5.81. The van der Waals surface area contributed by atoms with Crippen LogP contribution in [0.15, 0.2) is 285 Å². The van der Waals surface area contributed by atoms with Gasteiger partial charge in [0.15, 0.2) is 8.07 Å². The predicted molar refractivity (Wildman–Crippen MR) is 362 cm³/mol. The van der Waals surface area contributed by atoms with Crippen molar-refractivity contribution in [3.8, 4) is 62.1 Å². The molecular weight excluding hydrogens is 1070 g/mol. The summed E-state index contributed by atoms with van der Waals surface area (Å²) in [5.41, 5.74) is -18.7. The molecule has 0 fully saturated rings. The molecule has 0 amide bonds. The highest BCUT2D eigenvalue weighted by Crippen LogP contribution is 2.48. The van der Waals surface area contributed by atoms with E-state index in [4.69, 9.17) is 28.0 Å². The van der Waals surface area contributed by atoms with Gasteiger partial charge in [-0.2, -0.15) is 0 Å². The van der Waals surface area contributed by atoms with Gasteiger partial charge in [-0.3, -0.25) is 13.7 Å². The van der Waals surface area contributed by atoms with E-state index in [0.717, 1.165) is 29.0 Å². The van der Waals surface area contributed by atoms with Gasteiger partial charge in [-0.1, -0.05) is 257 Å². The summed E-state index contributed by atoms with van der Waals surface area (Å²) in [6.07, 6.45) is -5.49. The van der Waals surface area contributed by atoms with E-state index in [1.54, 1.807) is 47.0 Å². The Morgan fingerprint density at radius 2 is 1.11 bits per heavy atom. The number of benzene rings is 11. The molecule has 0 saturated heterocycles. The minimum absolute atomic E-state index is 0.00560. The van der Waals surface area contributed by atoms with Gasteiger partial charge >= 0.3 is 0 Å². The molecule has 0 radical (unpaired) electrons. The lowest BCUT2D eigenvalue weighted by Gasteiger charge is -2.42. The zero-order valence-corrected chi connectivity index (χ0v) is 45.7. The summed E-state index contributed by atoms with van der Waals surface area (Å²) in [5.74, 6) is 0.0551. The van der Waals surface area contributed by atoms with Gasteiger partial charge in [0.05, 0.1) is 70.5 Å². The fourth-order valence-corrected chi connectivity index (χ4v) is 14.5. The molecular formula is C81H66N4OSi. The SMILES string of the molecule is [2H]c1c([2H])c([2H])c(-c2cnc(-n3c4ccccc4c4ccc(Oc5cccc(-n6[c-][n+](-c7c(-c8c([2H])c([2H])c9c(c8[2H])C(C([2H])([2H])[2H])(C([2H])([2H])[2H])C([2H])([2H])C([2H])([2H])C9(C([2H])([2H])[2H])C([2H])([2H])[2H])cccc7-c7c([2H])c([2H])c([2H])c([Si](c8c([2H])c([2H])c([2H])c([2H])c8[2H])(c8c([2H])c([2H])c([2H])c([2H])c8[2H])c8c([2H])c([2H])c([2H])c([2H])c8[2H])c7[2H])c7ccccc76)c5)cc43)cc2C([2H])([2H])[2H])c([2H])c1[2H]. The van der Waals surface area contributed by atoms with Crippen LogP contribution in [-0.4, -0.2) is 22.2 Å². The number of para-hydroxylation sites is 4. The van der Waals surface area contributed by atoms with Crippen molar-refractivity contribution in [1.82, 2.24) is 14.1 Å². The highest BCUT2D eigenvalue weighted by molar-refractivity contribution is 7.19. The molecule has 1 aliphatic rings. The van der Waals surface area contributed by atoms with Gasteiger partial charge in [0, 0.05) is 54.6 Å². The lowest BCUT2D eigenvalue weighted by molar-refractivity contribution is -0.571.